The number of amidine groups is 2. The summed E-state index contributed by atoms with van der Waals surface area (Å²) in [6, 6.07) is 40.7. The van der Waals surface area contributed by atoms with Crippen LogP contribution in [0.5, 0.6) is 0 Å². The third-order valence-corrected chi connectivity index (χ3v) is 7.19. The van der Waals surface area contributed by atoms with Crippen LogP contribution in [0.2, 0.25) is 0 Å². The van der Waals surface area contributed by atoms with Crippen molar-refractivity contribution in [2.45, 2.75) is 0 Å². The standard InChI is InChI=1S/C33H22BrN3/c34-31-19-18-30(28-16-8-9-17-29(28)31)32(35)37-33(22-10-2-1-3-11-22)36-21-24-20-23-12-4-5-13-25(23)27-15-7-6-14-26(24)27/h1-21,35H. The molecular formula is C33H22BrN3. The quantitative estimate of drug-likeness (QED) is 0.133. The minimum Gasteiger partial charge on any atom is -0.282 e. The Morgan fingerprint density at radius 3 is 2.03 bits per heavy atom. The summed E-state index contributed by atoms with van der Waals surface area (Å²) in [6.07, 6.45) is 1.87. The lowest BCUT2D eigenvalue weighted by atomic mass is 9.98. The Balaban J connectivity index is 1.49. The molecule has 6 aromatic rings. The average molecular weight is 540 g/mol. The van der Waals surface area contributed by atoms with E-state index in [-0.39, 0.29) is 5.84 Å². The van der Waals surface area contributed by atoms with Gasteiger partial charge in [0.1, 0.15) is 0 Å². The summed E-state index contributed by atoms with van der Waals surface area (Å²) in [5.41, 5.74) is 2.63. The summed E-state index contributed by atoms with van der Waals surface area (Å²) in [7, 11) is 0. The molecule has 0 saturated heterocycles. The van der Waals surface area contributed by atoms with Crippen LogP contribution < -0.4 is 0 Å². The predicted octanol–water partition coefficient (Wildman–Crippen LogP) is 8.80. The molecule has 0 aromatic heterocycles. The van der Waals surface area contributed by atoms with Gasteiger partial charge in [-0.2, -0.15) is 0 Å². The zero-order chi connectivity index (χ0) is 25.2. The second-order valence-corrected chi connectivity index (χ2v) is 9.64. The summed E-state index contributed by atoms with van der Waals surface area (Å²) in [4.78, 5) is 9.60. The van der Waals surface area contributed by atoms with Crippen LogP contribution in [0.25, 0.3) is 32.3 Å². The summed E-state index contributed by atoms with van der Waals surface area (Å²) in [6.45, 7) is 0. The van der Waals surface area contributed by atoms with Crippen molar-refractivity contribution in [2.75, 3.05) is 0 Å². The number of nitrogens with zero attached hydrogens (tertiary/aromatic N) is 2. The molecule has 6 rings (SSSR count). The van der Waals surface area contributed by atoms with Crippen LogP contribution in [0.3, 0.4) is 0 Å². The van der Waals surface area contributed by atoms with E-state index in [9.17, 15) is 0 Å². The maximum Gasteiger partial charge on any atom is 0.161 e. The number of nitrogens with one attached hydrogen (secondary N) is 1. The van der Waals surface area contributed by atoms with Crippen LogP contribution >= 0.6 is 15.9 Å². The van der Waals surface area contributed by atoms with E-state index in [2.05, 4.69) is 70.5 Å². The minimum absolute atomic E-state index is 0.170. The molecule has 0 amide bonds. The number of halogens is 1. The zero-order valence-electron chi connectivity index (χ0n) is 19.9. The van der Waals surface area contributed by atoms with Gasteiger partial charge in [0.2, 0.25) is 0 Å². The maximum atomic E-state index is 8.91. The second-order valence-electron chi connectivity index (χ2n) is 8.78. The van der Waals surface area contributed by atoms with Gasteiger partial charge in [-0.1, -0.05) is 119 Å². The van der Waals surface area contributed by atoms with Crippen molar-refractivity contribution < 1.29 is 0 Å². The van der Waals surface area contributed by atoms with Gasteiger partial charge >= 0.3 is 0 Å². The first kappa shape index (κ1) is 23.0. The SMILES string of the molecule is N=C(N=C(N=Cc1cc2ccccc2c2ccccc12)c1ccccc1)c1ccc(Br)c2ccccc12. The van der Waals surface area contributed by atoms with Crippen LogP contribution in [0.15, 0.2) is 136 Å². The molecule has 37 heavy (non-hydrogen) atoms. The van der Waals surface area contributed by atoms with E-state index in [4.69, 9.17) is 15.4 Å². The van der Waals surface area contributed by atoms with Crippen LogP contribution in [-0.4, -0.2) is 17.9 Å². The van der Waals surface area contributed by atoms with Gasteiger partial charge in [-0.05, 0) is 50.5 Å². The molecule has 0 spiro atoms. The molecular weight excluding hydrogens is 518 g/mol. The van der Waals surface area contributed by atoms with Crippen molar-refractivity contribution in [1.29, 1.82) is 5.41 Å². The molecule has 0 aliphatic heterocycles. The molecule has 0 aliphatic rings. The highest BCUT2D eigenvalue weighted by Gasteiger charge is 2.11. The van der Waals surface area contributed by atoms with E-state index in [0.717, 1.165) is 42.7 Å². The van der Waals surface area contributed by atoms with Crippen molar-refractivity contribution in [3.63, 3.8) is 0 Å². The van der Waals surface area contributed by atoms with E-state index in [1.54, 1.807) is 0 Å². The Kier molecular flexibility index (Phi) is 6.17. The molecule has 1 N–H and O–H groups in total. The maximum absolute atomic E-state index is 8.91. The van der Waals surface area contributed by atoms with Gasteiger partial charge in [0.05, 0.1) is 0 Å². The number of benzene rings is 6. The van der Waals surface area contributed by atoms with Crippen molar-refractivity contribution in [3.8, 4) is 0 Å². The fourth-order valence-electron chi connectivity index (χ4n) is 4.71. The van der Waals surface area contributed by atoms with E-state index in [1.807, 2.05) is 72.9 Å². The Labute approximate surface area is 223 Å². The lowest BCUT2D eigenvalue weighted by molar-refractivity contribution is 1.41. The van der Waals surface area contributed by atoms with Crippen LogP contribution in [-0.2, 0) is 0 Å². The van der Waals surface area contributed by atoms with Crippen LogP contribution in [0, 0.1) is 5.41 Å². The first-order valence-corrected chi connectivity index (χ1v) is 12.8. The smallest absolute Gasteiger partial charge is 0.161 e. The molecule has 0 aliphatic carbocycles. The Morgan fingerprint density at radius 1 is 0.622 bits per heavy atom. The lowest BCUT2D eigenvalue weighted by Crippen LogP contribution is -2.05. The molecule has 176 valence electrons. The highest BCUT2D eigenvalue weighted by molar-refractivity contribution is 9.10. The van der Waals surface area contributed by atoms with Gasteiger partial charge < -0.3 is 0 Å². The predicted molar refractivity (Wildman–Crippen MR) is 161 cm³/mol. The third kappa shape index (κ3) is 4.48. The molecule has 0 saturated carbocycles. The zero-order valence-corrected chi connectivity index (χ0v) is 21.5. The summed E-state index contributed by atoms with van der Waals surface area (Å²) >= 11 is 3.63. The van der Waals surface area contributed by atoms with Crippen molar-refractivity contribution in [2.24, 2.45) is 9.98 Å². The molecule has 0 heterocycles. The lowest BCUT2D eigenvalue weighted by Gasteiger charge is -2.09. The fraction of sp³-hybridized carbons (Fsp3) is 0. The van der Waals surface area contributed by atoms with Gasteiger partial charge in [-0.15, -0.1) is 0 Å². The Bertz CT molecular complexity index is 1850. The average Bonchev–Trinajstić information content (AvgIpc) is 2.96. The van der Waals surface area contributed by atoms with Crippen molar-refractivity contribution in [3.05, 3.63) is 142 Å². The van der Waals surface area contributed by atoms with Gasteiger partial charge in [0.15, 0.2) is 11.7 Å². The largest absolute Gasteiger partial charge is 0.282 e. The van der Waals surface area contributed by atoms with Crippen molar-refractivity contribution in [1.82, 2.24) is 0 Å². The molecule has 6 aromatic carbocycles. The van der Waals surface area contributed by atoms with Gasteiger partial charge in [-0.3, -0.25) is 5.41 Å². The molecule has 3 nitrogen and oxygen atoms in total. The second kappa shape index (κ2) is 9.92. The Hall–Kier alpha value is -4.41. The van der Waals surface area contributed by atoms with Gasteiger partial charge in [-0.25, -0.2) is 9.98 Å². The van der Waals surface area contributed by atoms with Crippen molar-refractivity contribution >= 4 is 66.1 Å². The molecule has 0 bridgehead atoms. The van der Waals surface area contributed by atoms with E-state index < -0.39 is 0 Å². The number of hydrogen-bond acceptors (Lipinski definition) is 1. The third-order valence-electron chi connectivity index (χ3n) is 6.50. The molecule has 0 atom stereocenters. The number of hydrogen-bond donors (Lipinski definition) is 1. The molecule has 0 unspecified atom stereocenters. The molecule has 0 fully saturated rings. The number of fused-ring (bicyclic) bond motifs is 4. The number of aliphatic imine (C=N–C) groups is 2. The highest BCUT2D eigenvalue weighted by Crippen LogP contribution is 2.29. The summed E-state index contributed by atoms with van der Waals surface area (Å²) in [5.74, 6) is 0.665. The van der Waals surface area contributed by atoms with E-state index in [1.165, 1.54) is 10.8 Å². The first-order valence-electron chi connectivity index (χ1n) is 12.0. The van der Waals surface area contributed by atoms with Crippen LogP contribution in [0.1, 0.15) is 16.7 Å². The molecule has 0 radical (unpaired) electrons. The summed E-state index contributed by atoms with van der Waals surface area (Å²) < 4.78 is 0.994. The first-order chi connectivity index (χ1) is 18.2. The van der Waals surface area contributed by atoms with Gasteiger partial charge in [0.25, 0.3) is 0 Å². The van der Waals surface area contributed by atoms with E-state index >= 15 is 0 Å². The number of rotatable bonds is 3. The Morgan fingerprint density at radius 2 is 1.24 bits per heavy atom. The highest BCUT2D eigenvalue weighted by atomic mass is 79.9. The normalized spacial score (nSPS) is 12.1. The fourth-order valence-corrected chi connectivity index (χ4v) is 5.19. The van der Waals surface area contributed by atoms with E-state index in [0.29, 0.717) is 5.84 Å². The van der Waals surface area contributed by atoms with Gasteiger partial charge in [0, 0.05) is 27.4 Å². The monoisotopic (exact) mass is 539 g/mol. The molecule has 4 heteroatoms. The van der Waals surface area contributed by atoms with Crippen LogP contribution in [0.4, 0.5) is 0 Å². The summed E-state index contributed by atoms with van der Waals surface area (Å²) in [5, 5.41) is 15.6. The minimum atomic E-state index is 0.170. The topological polar surface area (TPSA) is 48.6 Å².